The number of aromatic nitrogens is 1. The van der Waals surface area contributed by atoms with Gasteiger partial charge in [0.05, 0.1) is 18.2 Å². The van der Waals surface area contributed by atoms with Crippen molar-refractivity contribution in [3.63, 3.8) is 0 Å². The van der Waals surface area contributed by atoms with Crippen LogP contribution in [-0.2, 0) is 22.5 Å². The summed E-state index contributed by atoms with van der Waals surface area (Å²) in [6.07, 6.45) is 6.74. The third-order valence-corrected chi connectivity index (χ3v) is 8.24. The molecule has 0 saturated carbocycles. The third kappa shape index (κ3) is 3.68. The molecule has 0 amide bonds. The van der Waals surface area contributed by atoms with Crippen LogP contribution in [0.1, 0.15) is 69.6 Å². The number of aromatic amines is 1. The van der Waals surface area contributed by atoms with Crippen LogP contribution in [0.15, 0.2) is 36.4 Å². The molecule has 2 fully saturated rings. The fourth-order valence-electron chi connectivity index (χ4n) is 6.59. The van der Waals surface area contributed by atoms with Crippen LogP contribution in [0.3, 0.4) is 0 Å². The molecule has 3 aliphatic heterocycles. The van der Waals surface area contributed by atoms with Crippen molar-refractivity contribution in [1.82, 2.24) is 9.88 Å². The van der Waals surface area contributed by atoms with Crippen LogP contribution >= 0.6 is 0 Å². The largest absolute Gasteiger partial charge is 0.472 e. The molecular weight excluding hydrogens is 456 g/mol. The zero-order valence-electron chi connectivity index (χ0n) is 20.9. The Hall–Kier alpha value is -3.32. The Labute approximate surface area is 210 Å². The maximum Gasteiger partial charge on any atom is 0.340 e. The maximum atomic E-state index is 13.4. The fraction of sp³-hybridized carbons (Fsp3) is 0.448. The molecule has 1 aromatic heterocycles. The summed E-state index contributed by atoms with van der Waals surface area (Å²) < 4.78 is 17.4. The average Bonchev–Trinajstić information content (AvgIpc) is 3.25. The zero-order valence-corrected chi connectivity index (χ0v) is 20.9. The van der Waals surface area contributed by atoms with Crippen LogP contribution in [0.4, 0.5) is 0 Å². The van der Waals surface area contributed by atoms with Crippen LogP contribution in [0.5, 0.6) is 5.75 Å². The number of carbonyl (C=O) groups excluding carboxylic acids is 2. The van der Waals surface area contributed by atoms with Gasteiger partial charge >= 0.3 is 11.9 Å². The number of carbonyl (C=O) groups is 2. The third-order valence-electron chi connectivity index (χ3n) is 8.24. The lowest BCUT2D eigenvalue weighted by molar-refractivity contribution is -0.177. The van der Waals surface area contributed by atoms with Crippen LogP contribution in [0.2, 0.25) is 0 Å². The molecule has 2 atom stereocenters. The highest BCUT2D eigenvalue weighted by molar-refractivity contribution is 6.07. The Kier molecular flexibility index (Phi) is 5.75. The molecule has 6 rings (SSSR count). The Balaban J connectivity index is 1.32. The molecule has 2 unspecified atom stereocenters. The van der Waals surface area contributed by atoms with Gasteiger partial charge in [0.2, 0.25) is 0 Å². The topological polar surface area (TPSA) is 80.9 Å². The van der Waals surface area contributed by atoms with Gasteiger partial charge in [-0.25, -0.2) is 9.59 Å². The highest BCUT2D eigenvalue weighted by atomic mass is 16.5. The Morgan fingerprint density at radius 1 is 1.14 bits per heavy atom. The Morgan fingerprint density at radius 2 is 2.00 bits per heavy atom. The van der Waals surface area contributed by atoms with Gasteiger partial charge in [-0.05, 0) is 68.9 Å². The quantitative estimate of drug-likeness (QED) is 0.512. The van der Waals surface area contributed by atoms with E-state index in [1.54, 1.807) is 18.2 Å². The first-order valence-electron chi connectivity index (χ1n) is 12.9. The van der Waals surface area contributed by atoms with Crippen molar-refractivity contribution in [2.45, 2.75) is 57.8 Å². The van der Waals surface area contributed by atoms with Crippen LogP contribution in [0, 0.1) is 12.8 Å². The number of methoxy groups -OCH3 is 1. The van der Waals surface area contributed by atoms with Crippen LogP contribution in [-0.4, -0.2) is 47.7 Å². The molecule has 1 spiro atoms. The molecular formula is C29H32N2O5. The summed E-state index contributed by atoms with van der Waals surface area (Å²) in [5.74, 6) is 0.523. The van der Waals surface area contributed by atoms with Gasteiger partial charge in [-0.3, -0.25) is 4.90 Å². The second kappa shape index (κ2) is 8.96. The van der Waals surface area contributed by atoms with E-state index in [1.807, 2.05) is 19.1 Å². The van der Waals surface area contributed by atoms with Crippen molar-refractivity contribution >= 4 is 22.8 Å². The van der Waals surface area contributed by atoms with E-state index in [0.29, 0.717) is 17.0 Å². The van der Waals surface area contributed by atoms with Gasteiger partial charge in [0.25, 0.3) is 0 Å². The number of fused-ring (bicyclic) bond motifs is 3. The Bertz CT molecular complexity index is 1340. The molecule has 0 radical (unpaired) electrons. The number of hydrogen-bond donors (Lipinski definition) is 1. The summed E-state index contributed by atoms with van der Waals surface area (Å²) >= 11 is 0. The summed E-state index contributed by atoms with van der Waals surface area (Å²) in [4.78, 5) is 31.2. The molecule has 3 aliphatic rings. The molecule has 36 heavy (non-hydrogen) atoms. The highest BCUT2D eigenvalue weighted by Crippen LogP contribution is 2.50. The van der Waals surface area contributed by atoms with Crippen molar-refractivity contribution in [2.24, 2.45) is 5.92 Å². The number of H-pyrrole nitrogens is 1. The number of nitrogens with one attached hydrogen (secondary N) is 1. The average molecular weight is 489 g/mol. The van der Waals surface area contributed by atoms with Crippen molar-refractivity contribution in [3.05, 3.63) is 64.3 Å². The molecule has 1 N–H and O–H groups in total. The lowest BCUT2D eigenvalue weighted by atomic mass is 9.74. The van der Waals surface area contributed by atoms with E-state index < -0.39 is 5.97 Å². The molecule has 2 aromatic carbocycles. The van der Waals surface area contributed by atoms with E-state index in [0.717, 1.165) is 65.8 Å². The number of nitrogens with zero attached hydrogens (tertiary/aromatic N) is 1. The predicted molar refractivity (Wildman–Crippen MR) is 135 cm³/mol. The fourth-order valence-corrected chi connectivity index (χ4v) is 6.59. The molecule has 188 valence electrons. The van der Waals surface area contributed by atoms with Crippen molar-refractivity contribution in [1.29, 1.82) is 0 Å². The smallest absolute Gasteiger partial charge is 0.340 e. The SMILES string of the molecule is COC(=O)c1cccc(COC(=O)c2c(C)[nH]c3ccc4c(c23)CC2CCCN3CCCCC23O4)c1. The maximum absolute atomic E-state index is 13.4. The minimum atomic E-state index is -0.417. The second-order valence-corrected chi connectivity index (χ2v) is 10.3. The minimum Gasteiger partial charge on any atom is -0.472 e. The van der Waals surface area contributed by atoms with E-state index in [1.165, 1.54) is 26.4 Å². The van der Waals surface area contributed by atoms with Crippen LogP contribution in [0.25, 0.3) is 10.9 Å². The molecule has 7 nitrogen and oxygen atoms in total. The normalized spacial score (nSPS) is 23.2. The Morgan fingerprint density at radius 3 is 2.86 bits per heavy atom. The van der Waals surface area contributed by atoms with E-state index >= 15 is 0 Å². The summed E-state index contributed by atoms with van der Waals surface area (Å²) in [7, 11) is 1.35. The van der Waals surface area contributed by atoms with Gasteiger partial charge in [-0.15, -0.1) is 0 Å². The highest BCUT2D eigenvalue weighted by Gasteiger charge is 2.52. The molecule has 0 bridgehead atoms. The van der Waals surface area contributed by atoms with Gasteiger partial charge in [0.1, 0.15) is 12.4 Å². The van der Waals surface area contributed by atoms with E-state index in [9.17, 15) is 9.59 Å². The van der Waals surface area contributed by atoms with Gasteiger partial charge in [0.15, 0.2) is 5.72 Å². The lowest BCUT2D eigenvalue weighted by Crippen LogP contribution is -2.64. The first-order valence-corrected chi connectivity index (χ1v) is 12.9. The predicted octanol–water partition coefficient (Wildman–Crippen LogP) is 5.15. The van der Waals surface area contributed by atoms with E-state index in [4.69, 9.17) is 14.2 Å². The number of benzene rings is 2. The first kappa shape index (κ1) is 23.1. The summed E-state index contributed by atoms with van der Waals surface area (Å²) in [5, 5.41) is 0.918. The number of hydrogen-bond acceptors (Lipinski definition) is 6. The van der Waals surface area contributed by atoms with Crippen LogP contribution < -0.4 is 4.74 Å². The lowest BCUT2D eigenvalue weighted by Gasteiger charge is -2.56. The summed E-state index contributed by atoms with van der Waals surface area (Å²) in [5.41, 5.74) is 4.36. The van der Waals surface area contributed by atoms with E-state index in [-0.39, 0.29) is 18.3 Å². The molecule has 7 heteroatoms. The first-order chi connectivity index (χ1) is 17.5. The van der Waals surface area contributed by atoms with Gasteiger partial charge in [-0.2, -0.15) is 0 Å². The number of ether oxygens (including phenoxy) is 3. The second-order valence-electron chi connectivity index (χ2n) is 10.3. The van der Waals surface area contributed by atoms with Crippen molar-refractivity contribution in [2.75, 3.05) is 20.2 Å². The molecule has 2 saturated heterocycles. The molecule has 3 aromatic rings. The van der Waals surface area contributed by atoms with E-state index in [2.05, 4.69) is 16.0 Å². The zero-order chi connectivity index (χ0) is 24.9. The summed E-state index contributed by atoms with van der Waals surface area (Å²) in [6, 6.07) is 11.0. The monoisotopic (exact) mass is 488 g/mol. The van der Waals surface area contributed by atoms with Gasteiger partial charge in [-0.1, -0.05) is 12.1 Å². The van der Waals surface area contributed by atoms with Crippen molar-refractivity contribution < 1.29 is 23.8 Å². The van der Waals surface area contributed by atoms with Crippen molar-refractivity contribution in [3.8, 4) is 5.75 Å². The standard InChI is InChI=1S/C29H32N2O5/c1-18-25(28(33)35-17-19-7-5-8-20(15-19)27(32)34-2)26-22-16-21-9-6-14-31-13-4-3-12-29(21,31)36-24(22)11-10-23(26)30-18/h5,7-8,10-11,15,21,30H,3-4,6,9,12-14,16-17H2,1-2H3. The minimum absolute atomic E-state index is 0.0714. The van der Waals surface area contributed by atoms with Gasteiger partial charge < -0.3 is 19.2 Å². The number of esters is 2. The number of piperidine rings is 2. The van der Waals surface area contributed by atoms with Gasteiger partial charge in [0, 0.05) is 47.6 Å². The number of rotatable bonds is 4. The molecule has 4 heterocycles. The number of aryl methyl sites for hydroxylation is 1. The summed E-state index contributed by atoms with van der Waals surface area (Å²) in [6.45, 7) is 4.19. The molecule has 0 aliphatic carbocycles.